The smallest absolute Gasteiger partial charge is 0.457 e. The van der Waals surface area contributed by atoms with Crippen molar-refractivity contribution in [2.45, 2.75) is 142 Å². The predicted molar refractivity (Wildman–Crippen MR) is 219 cm³/mol. The molecule has 0 fully saturated rings. The van der Waals surface area contributed by atoms with Crippen LogP contribution in [-0.2, 0) is 27.9 Å². The number of unbranched alkanes of at least 4 members (excludes halogenated alkanes) is 10. The maximum Gasteiger partial charge on any atom is 0.472 e. The van der Waals surface area contributed by atoms with E-state index in [9.17, 15) is 14.3 Å². The predicted octanol–water partition coefficient (Wildman–Crippen LogP) is 11.5. The summed E-state index contributed by atoms with van der Waals surface area (Å²) >= 11 is 0. The fourth-order valence-corrected chi connectivity index (χ4v) is 5.65. The lowest BCUT2D eigenvalue weighted by molar-refractivity contribution is -0.870. The van der Waals surface area contributed by atoms with Gasteiger partial charge in [-0.1, -0.05) is 138 Å². The SMILES string of the molecule is CC/C=C\C/C=C\C/C=C\C/C=C\C/C=C\C/C=C\CCCCCCC(=O)OC(COCCCCCCCCC)COP(=O)(O)OCC[N+](C)(C)C. The Morgan fingerprint density at radius 1 is 0.615 bits per heavy atom. The van der Waals surface area contributed by atoms with Crippen LogP contribution in [0.2, 0.25) is 0 Å². The van der Waals surface area contributed by atoms with Crippen molar-refractivity contribution in [3.05, 3.63) is 72.9 Å². The van der Waals surface area contributed by atoms with Gasteiger partial charge in [0.2, 0.25) is 0 Å². The monoisotopic (exact) mass is 751 g/mol. The Kier molecular flexibility index (Phi) is 34.5. The molecule has 0 radical (unpaired) electrons. The zero-order valence-corrected chi connectivity index (χ0v) is 34.7. The summed E-state index contributed by atoms with van der Waals surface area (Å²) in [6, 6.07) is 0. The molecule has 8 nitrogen and oxygen atoms in total. The van der Waals surface area contributed by atoms with Crippen molar-refractivity contribution in [1.82, 2.24) is 0 Å². The topological polar surface area (TPSA) is 91.3 Å². The van der Waals surface area contributed by atoms with Crippen molar-refractivity contribution >= 4 is 13.8 Å². The molecule has 9 heteroatoms. The Morgan fingerprint density at radius 3 is 1.67 bits per heavy atom. The van der Waals surface area contributed by atoms with E-state index < -0.39 is 13.9 Å². The van der Waals surface area contributed by atoms with Gasteiger partial charge >= 0.3 is 13.8 Å². The molecular formula is C43H77NO7P+. The van der Waals surface area contributed by atoms with E-state index in [1.54, 1.807) is 0 Å². The Hall–Kier alpha value is -2.06. The molecule has 0 heterocycles. The number of carbonyl (C=O) groups excluding carboxylic acids is 1. The molecule has 0 bridgehead atoms. The van der Waals surface area contributed by atoms with Gasteiger partial charge in [-0.2, -0.15) is 0 Å². The van der Waals surface area contributed by atoms with Crippen molar-refractivity contribution in [3.8, 4) is 0 Å². The van der Waals surface area contributed by atoms with Crippen LogP contribution in [0.1, 0.15) is 136 Å². The van der Waals surface area contributed by atoms with Crippen molar-refractivity contribution in [2.75, 3.05) is 54.1 Å². The number of ether oxygens (including phenoxy) is 2. The molecule has 0 aromatic carbocycles. The average Bonchev–Trinajstić information content (AvgIpc) is 3.09. The fourth-order valence-electron chi connectivity index (χ4n) is 4.91. The first-order valence-electron chi connectivity index (χ1n) is 20.2. The maximum absolute atomic E-state index is 12.6. The number of quaternary nitrogens is 1. The second-order valence-corrected chi connectivity index (χ2v) is 15.7. The van der Waals surface area contributed by atoms with Gasteiger partial charge in [-0.25, -0.2) is 4.57 Å². The number of phosphoric acid groups is 1. The van der Waals surface area contributed by atoms with Crippen LogP contribution in [-0.4, -0.2) is 75.6 Å². The Labute approximate surface area is 319 Å². The highest BCUT2D eigenvalue weighted by Crippen LogP contribution is 2.43. The molecule has 0 aliphatic rings. The Morgan fingerprint density at radius 2 is 1.12 bits per heavy atom. The number of rotatable bonds is 36. The summed E-state index contributed by atoms with van der Waals surface area (Å²) in [5.74, 6) is -0.344. The second-order valence-electron chi connectivity index (χ2n) is 14.3. The summed E-state index contributed by atoms with van der Waals surface area (Å²) in [6.07, 6.45) is 45.2. The summed E-state index contributed by atoms with van der Waals surface area (Å²) in [4.78, 5) is 22.7. The molecular weight excluding hydrogens is 673 g/mol. The first-order chi connectivity index (χ1) is 25.1. The highest BCUT2D eigenvalue weighted by molar-refractivity contribution is 7.47. The molecule has 0 amide bonds. The molecule has 0 aliphatic carbocycles. The molecule has 300 valence electrons. The Balaban J connectivity index is 4.23. The molecule has 2 unspecified atom stereocenters. The van der Waals surface area contributed by atoms with Crippen LogP contribution in [0.3, 0.4) is 0 Å². The fraction of sp³-hybridized carbons (Fsp3) is 0.698. The molecule has 1 N–H and O–H groups in total. The standard InChI is InChI=1S/C43H76NO7P/c1-6-8-10-12-14-15-16-17-18-19-20-21-22-23-24-25-26-27-28-29-30-32-34-36-43(45)51-42(40-48-38-35-33-31-13-11-9-7-2)41-50-52(46,47)49-39-37-44(3,4)5/h8,10,14-15,17-18,20-21,23-24,26-27,42H,6-7,9,11-13,16,19,22,25,28-41H2,1-5H3/p+1/b10-8-,15-14-,18-17-,21-20-,24-23-,27-26-. The van der Waals surface area contributed by atoms with Crippen LogP contribution in [0.4, 0.5) is 0 Å². The number of esters is 1. The Bertz CT molecular complexity index is 1060. The van der Waals surface area contributed by atoms with E-state index >= 15 is 0 Å². The molecule has 0 rings (SSSR count). The van der Waals surface area contributed by atoms with E-state index in [-0.39, 0.29) is 25.8 Å². The lowest BCUT2D eigenvalue weighted by Gasteiger charge is -2.24. The summed E-state index contributed by atoms with van der Waals surface area (Å²) in [5, 5.41) is 0. The molecule has 0 aliphatic heterocycles. The number of hydrogen-bond acceptors (Lipinski definition) is 6. The molecule has 0 aromatic rings. The average molecular weight is 751 g/mol. The number of allylic oxidation sites excluding steroid dienone is 12. The van der Waals surface area contributed by atoms with Gasteiger partial charge in [0.1, 0.15) is 19.3 Å². The minimum absolute atomic E-state index is 0.0799. The molecule has 0 spiro atoms. The summed E-state index contributed by atoms with van der Waals surface area (Å²) in [7, 11) is 1.64. The first-order valence-corrected chi connectivity index (χ1v) is 21.7. The van der Waals surface area contributed by atoms with Crippen LogP contribution in [0.25, 0.3) is 0 Å². The van der Waals surface area contributed by atoms with Crippen LogP contribution >= 0.6 is 7.82 Å². The van der Waals surface area contributed by atoms with E-state index in [1.807, 2.05) is 21.1 Å². The van der Waals surface area contributed by atoms with Crippen LogP contribution in [0.5, 0.6) is 0 Å². The largest absolute Gasteiger partial charge is 0.472 e. The van der Waals surface area contributed by atoms with Gasteiger partial charge in [-0.05, 0) is 64.2 Å². The van der Waals surface area contributed by atoms with Gasteiger partial charge in [0, 0.05) is 13.0 Å². The van der Waals surface area contributed by atoms with Gasteiger partial charge in [-0.15, -0.1) is 0 Å². The van der Waals surface area contributed by atoms with E-state index in [0.29, 0.717) is 24.1 Å². The van der Waals surface area contributed by atoms with E-state index in [0.717, 1.165) is 83.5 Å². The third-order valence-electron chi connectivity index (χ3n) is 8.03. The van der Waals surface area contributed by atoms with Crippen molar-refractivity contribution < 1.29 is 37.3 Å². The zero-order valence-electron chi connectivity index (χ0n) is 33.8. The normalized spacial score (nSPS) is 14.7. The molecule has 0 saturated carbocycles. The number of nitrogens with zero attached hydrogens (tertiary/aromatic N) is 1. The van der Waals surface area contributed by atoms with Gasteiger partial charge in [-0.3, -0.25) is 13.8 Å². The second kappa shape index (κ2) is 35.9. The van der Waals surface area contributed by atoms with Gasteiger partial charge in [0.05, 0.1) is 34.4 Å². The van der Waals surface area contributed by atoms with Gasteiger partial charge in [0.25, 0.3) is 0 Å². The van der Waals surface area contributed by atoms with Crippen LogP contribution < -0.4 is 0 Å². The number of hydrogen-bond donors (Lipinski definition) is 1. The summed E-state index contributed by atoms with van der Waals surface area (Å²) in [5.41, 5.74) is 0. The molecule has 52 heavy (non-hydrogen) atoms. The highest BCUT2D eigenvalue weighted by atomic mass is 31.2. The summed E-state index contributed by atoms with van der Waals surface area (Å²) in [6.45, 7) is 5.41. The molecule has 2 atom stereocenters. The molecule has 0 saturated heterocycles. The molecule has 0 aromatic heterocycles. The zero-order chi connectivity index (χ0) is 38.4. The van der Waals surface area contributed by atoms with Crippen LogP contribution in [0.15, 0.2) is 72.9 Å². The number of likely N-dealkylation sites (N-methyl/N-ethyl adjacent to an activating group) is 1. The highest BCUT2D eigenvalue weighted by Gasteiger charge is 2.26. The maximum atomic E-state index is 12.6. The van der Waals surface area contributed by atoms with Crippen LogP contribution in [0, 0.1) is 0 Å². The van der Waals surface area contributed by atoms with Crippen molar-refractivity contribution in [3.63, 3.8) is 0 Å². The van der Waals surface area contributed by atoms with E-state index in [4.69, 9.17) is 18.5 Å². The third-order valence-corrected chi connectivity index (χ3v) is 9.02. The van der Waals surface area contributed by atoms with Gasteiger partial charge in [0.15, 0.2) is 0 Å². The van der Waals surface area contributed by atoms with E-state index in [2.05, 4.69) is 86.8 Å². The quantitative estimate of drug-likeness (QED) is 0.0224. The lowest BCUT2D eigenvalue weighted by atomic mass is 10.1. The van der Waals surface area contributed by atoms with E-state index in [1.165, 1.54) is 32.1 Å². The first kappa shape index (κ1) is 49.9. The number of phosphoric ester groups is 1. The number of carbonyl (C=O) groups is 1. The van der Waals surface area contributed by atoms with Crippen molar-refractivity contribution in [2.24, 2.45) is 0 Å². The minimum Gasteiger partial charge on any atom is -0.457 e. The minimum atomic E-state index is -4.27. The van der Waals surface area contributed by atoms with Gasteiger partial charge < -0.3 is 18.9 Å². The lowest BCUT2D eigenvalue weighted by Crippen LogP contribution is -2.37. The third kappa shape index (κ3) is 39.2. The summed E-state index contributed by atoms with van der Waals surface area (Å²) < 4.78 is 34.7. The van der Waals surface area contributed by atoms with Crippen molar-refractivity contribution in [1.29, 1.82) is 0 Å².